The second kappa shape index (κ2) is 10.6. The van der Waals surface area contributed by atoms with E-state index >= 15 is 0 Å². The van der Waals surface area contributed by atoms with Crippen LogP contribution in [0.3, 0.4) is 0 Å². The molecule has 0 aliphatic carbocycles. The number of halogens is 1. The average molecular weight is 438 g/mol. The van der Waals surface area contributed by atoms with E-state index in [-0.39, 0.29) is 43.3 Å². The third-order valence-electron chi connectivity index (χ3n) is 5.07. The molecule has 0 spiro atoms. The van der Waals surface area contributed by atoms with E-state index in [2.05, 4.69) is 0 Å². The van der Waals surface area contributed by atoms with Crippen molar-refractivity contribution in [2.24, 2.45) is 0 Å². The van der Waals surface area contributed by atoms with E-state index in [4.69, 9.17) is 9.15 Å². The number of benzene rings is 2. The number of carbonyl (C=O) groups is 2. The normalized spacial score (nSPS) is 10.8. The predicted octanol–water partition coefficient (Wildman–Crippen LogP) is 4.51. The highest BCUT2D eigenvalue weighted by atomic mass is 19.1. The van der Waals surface area contributed by atoms with E-state index in [1.807, 2.05) is 13.8 Å². The zero-order chi connectivity index (χ0) is 23.1. The lowest BCUT2D eigenvalue weighted by atomic mass is 10.1. The fraction of sp³-hybridized carbons (Fsp3) is 0.280. The van der Waals surface area contributed by atoms with E-state index in [1.54, 1.807) is 59.7 Å². The second-order valence-corrected chi connectivity index (χ2v) is 7.71. The summed E-state index contributed by atoms with van der Waals surface area (Å²) in [5, 5.41) is 0. The summed E-state index contributed by atoms with van der Waals surface area (Å²) >= 11 is 0. The van der Waals surface area contributed by atoms with Gasteiger partial charge in [-0.1, -0.05) is 18.2 Å². The molecule has 0 fully saturated rings. The van der Waals surface area contributed by atoms with Gasteiger partial charge in [0.1, 0.15) is 23.9 Å². The van der Waals surface area contributed by atoms with Gasteiger partial charge in [-0.3, -0.25) is 9.59 Å². The molecule has 6 nitrogen and oxygen atoms in total. The summed E-state index contributed by atoms with van der Waals surface area (Å²) in [6.45, 7) is 4.13. The van der Waals surface area contributed by atoms with Crippen molar-refractivity contribution < 1.29 is 23.1 Å². The van der Waals surface area contributed by atoms with Gasteiger partial charge in [0, 0.05) is 18.2 Å². The lowest BCUT2D eigenvalue weighted by molar-refractivity contribution is -0.133. The van der Waals surface area contributed by atoms with Crippen LogP contribution in [0.5, 0.6) is 5.75 Å². The highest BCUT2D eigenvalue weighted by Crippen LogP contribution is 2.17. The first kappa shape index (κ1) is 23.1. The minimum absolute atomic E-state index is 0.102. The fourth-order valence-electron chi connectivity index (χ4n) is 3.29. The quantitative estimate of drug-likeness (QED) is 0.493. The molecule has 1 aromatic heterocycles. The first-order valence-electron chi connectivity index (χ1n) is 10.4. The summed E-state index contributed by atoms with van der Waals surface area (Å²) in [5.41, 5.74) is 1.23. The molecule has 0 bridgehead atoms. The number of amides is 2. The Morgan fingerprint density at radius 1 is 1.03 bits per heavy atom. The van der Waals surface area contributed by atoms with E-state index in [0.29, 0.717) is 17.1 Å². The van der Waals surface area contributed by atoms with Crippen LogP contribution in [-0.4, -0.2) is 41.3 Å². The van der Waals surface area contributed by atoms with Crippen molar-refractivity contribution in [3.63, 3.8) is 0 Å². The summed E-state index contributed by atoms with van der Waals surface area (Å²) in [5.74, 6) is 0.354. The van der Waals surface area contributed by atoms with Crippen molar-refractivity contribution in [2.75, 3.05) is 13.7 Å². The Labute approximate surface area is 187 Å². The van der Waals surface area contributed by atoms with Gasteiger partial charge in [0.05, 0.1) is 19.9 Å². The van der Waals surface area contributed by atoms with E-state index < -0.39 is 0 Å². The number of hydrogen-bond donors (Lipinski definition) is 0. The lowest BCUT2D eigenvalue weighted by Gasteiger charge is -2.30. The van der Waals surface area contributed by atoms with E-state index in [9.17, 15) is 14.0 Å². The number of nitrogens with zero attached hydrogens (tertiary/aromatic N) is 2. The number of hydrogen-bond acceptors (Lipinski definition) is 4. The molecular weight excluding hydrogens is 411 g/mol. The first-order chi connectivity index (χ1) is 15.4. The maximum absolute atomic E-state index is 13.3. The first-order valence-corrected chi connectivity index (χ1v) is 10.4. The summed E-state index contributed by atoms with van der Waals surface area (Å²) in [6.07, 6.45) is 1.54. The molecule has 32 heavy (non-hydrogen) atoms. The van der Waals surface area contributed by atoms with Crippen LogP contribution in [0.4, 0.5) is 4.39 Å². The maximum atomic E-state index is 13.3. The van der Waals surface area contributed by atoms with Crippen LogP contribution in [-0.2, 0) is 17.9 Å². The number of carbonyl (C=O) groups excluding carboxylic acids is 2. The average Bonchev–Trinajstić information content (AvgIpc) is 3.31. The van der Waals surface area contributed by atoms with Crippen molar-refractivity contribution in [1.29, 1.82) is 0 Å². The van der Waals surface area contributed by atoms with Crippen molar-refractivity contribution >= 4 is 11.8 Å². The highest BCUT2D eigenvalue weighted by molar-refractivity contribution is 5.97. The second-order valence-electron chi connectivity index (χ2n) is 7.71. The van der Waals surface area contributed by atoms with Gasteiger partial charge in [0.2, 0.25) is 5.91 Å². The summed E-state index contributed by atoms with van der Waals surface area (Å²) in [4.78, 5) is 29.6. The van der Waals surface area contributed by atoms with Crippen LogP contribution in [0.2, 0.25) is 0 Å². The molecule has 0 radical (unpaired) electrons. The molecule has 3 aromatic rings. The van der Waals surface area contributed by atoms with Gasteiger partial charge < -0.3 is 19.0 Å². The topological polar surface area (TPSA) is 63.0 Å². The Morgan fingerprint density at radius 2 is 1.78 bits per heavy atom. The minimum Gasteiger partial charge on any atom is -0.497 e. The summed E-state index contributed by atoms with van der Waals surface area (Å²) in [6, 6.07) is 16.2. The molecule has 3 rings (SSSR count). The molecule has 0 saturated carbocycles. The molecule has 0 atom stereocenters. The standard InChI is InChI=1S/C25H27FN2O4/c1-18(2)28(25(30)20-6-4-7-22(14-20)31-3)17-24(29)27(16-23-8-5-13-32-23)15-19-9-11-21(26)12-10-19/h4-14,18H,15-17H2,1-3H3. The van der Waals surface area contributed by atoms with Gasteiger partial charge in [-0.2, -0.15) is 0 Å². The van der Waals surface area contributed by atoms with Gasteiger partial charge >= 0.3 is 0 Å². The maximum Gasteiger partial charge on any atom is 0.254 e. The molecule has 7 heteroatoms. The Bertz CT molecular complexity index is 1030. The Hall–Kier alpha value is -3.61. The van der Waals surface area contributed by atoms with Crippen molar-refractivity contribution in [3.8, 4) is 5.75 Å². The predicted molar refractivity (Wildman–Crippen MR) is 119 cm³/mol. The van der Waals surface area contributed by atoms with Gasteiger partial charge in [-0.05, 0) is 61.9 Å². The third kappa shape index (κ3) is 5.97. The Morgan fingerprint density at radius 3 is 2.41 bits per heavy atom. The number of ether oxygens (including phenoxy) is 1. The van der Waals surface area contributed by atoms with Gasteiger partial charge in [-0.25, -0.2) is 4.39 Å². The number of furan rings is 1. The number of methoxy groups -OCH3 is 1. The highest BCUT2D eigenvalue weighted by Gasteiger charge is 2.25. The van der Waals surface area contributed by atoms with Crippen molar-refractivity contribution in [3.05, 3.63) is 89.6 Å². The van der Waals surface area contributed by atoms with Crippen molar-refractivity contribution in [2.45, 2.75) is 33.0 Å². The monoisotopic (exact) mass is 438 g/mol. The van der Waals surface area contributed by atoms with Crippen LogP contribution >= 0.6 is 0 Å². The third-order valence-corrected chi connectivity index (χ3v) is 5.07. The minimum atomic E-state index is -0.340. The molecule has 0 unspecified atom stereocenters. The zero-order valence-corrected chi connectivity index (χ0v) is 18.5. The molecule has 0 saturated heterocycles. The smallest absolute Gasteiger partial charge is 0.254 e. The molecular formula is C25H27FN2O4. The van der Waals surface area contributed by atoms with E-state index in [0.717, 1.165) is 5.56 Å². The van der Waals surface area contributed by atoms with Crippen molar-refractivity contribution in [1.82, 2.24) is 9.80 Å². The van der Waals surface area contributed by atoms with Crippen LogP contribution in [0.1, 0.15) is 35.5 Å². The van der Waals surface area contributed by atoms with Gasteiger partial charge in [0.15, 0.2) is 0 Å². The molecule has 0 aliphatic rings. The van der Waals surface area contributed by atoms with Gasteiger partial charge in [0.25, 0.3) is 5.91 Å². The molecule has 2 amide bonds. The zero-order valence-electron chi connectivity index (χ0n) is 18.5. The van der Waals surface area contributed by atoms with Crippen LogP contribution in [0, 0.1) is 5.82 Å². The molecule has 2 aromatic carbocycles. The number of rotatable bonds is 9. The van der Waals surface area contributed by atoms with Crippen LogP contribution in [0.25, 0.3) is 0 Å². The lowest BCUT2D eigenvalue weighted by Crippen LogP contribution is -2.45. The summed E-state index contributed by atoms with van der Waals surface area (Å²) in [7, 11) is 1.54. The molecule has 0 aliphatic heterocycles. The Kier molecular flexibility index (Phi) is 7.65. The van der Waals surface area contributed by atoms with Crippen LogP contribution in [0.15, 0.2) is 71.3 Å². The molecule has 0 N–H and O–H groups in total. The van der Waals surface area contributed by atoms with Crippen LogP contribution < -0.4 is 4.74 Å². The van der Waals surface area contributed by atoms with Gasteiger partial charge in [-0.15, -0.1) is 0 Å². The largest absolute Gasteiger partial charge is 0.497 e. The molecule has 168 valence electrons. The van der Waals surface area contributed by atoms with E-state index in [1.165, 1.54) is 24.1 Å². The summed E-state index contributed by atoms with van der Waals surface area (Å²) < 4.78 is 23.9. The SMILES string of the molecule is COc1cccc(C(=O)N(CC(=O)N(Cc2ccc(F)cc2)Cc2ccco2)C(C)C)c1. The fourth-order valence-corrected chi connectivity index (χ4v) is 3.29. The Balaban J connectivity index is 1.80. The molecule has 1 heterocycles.